The molecule has 24 heavy (non-hydrogen) atoms. The van der Waals surface area contributed by atoms with Crippen molar-refractivity contribution < 1.29 is 19.4 Å². The van der Waals surface area contributed by atoms with Gasteiger partial charge in [-0.05, 0) is 38.0 Å². The van der Waals surface area contributed by atoms with Crippen LogP contribution >= 0.6 is 11.3 Å². The molecule has 1 aromatic heterocycles. The minimum atomic E-state index is -0.937. The normalized spacial score (nSPS) is 20.5. The Kier molecular flexibility index (Phi) is 4.53. The van der Waals surface area contributed by atoms with Gasteiger partial charge < -0.3 is 15.2 Å². The number of nitrogens with one attached hydrogen (secondary N) is 1. The maximum atomic E-state index is 12.6. The largest absolute Gasteiger partial charge is 0.497 e. The van der Waals surface area contributed by atoms with E-state index in [-0.39, 0.29) is 5.91 Å². The highest BCUT2D eigenvalue weighted by Gasteiger charge is 2.35. The van der Waals surface area contributed by atoms with Gasteiger partial charge in [0, 0.05) is 0 Å². The predicted octanol–water partition coefficient (Wildman–Crippen LogP) is 3.30. The lowest BCUT2D eigenvalue weighted by atomic mass is 9.79. The molecule has 2 atom stereocenters. The van der Waals surface area contributed by atoms with E-state index in [1.165, 1.54) is 11.3 Å². The van der Waals surface area contributed by atoms with Gasteiger partial charge >= 0.3 is 5.97 Å². The number of fused-ring (bicyclic) bond motifs is 1. The summed E-state index contributed by atoms with van der Waals surface area (Å²) in [6.45, 7) is 1.92. The van der Waals surface area contributed by atoms with Crippen LogP contribution in [0.2, 0.25) is 0 Å². The summed E-state index contributed by atoms with van der Waals surface area (Å²) in [5, 5.41) is 12.6. The van der Waals surface area contributed by atoms with E-state index in [2.05, 4.69) is 10.3 Å². The van der Waals surface area contributed by atoms with Gasteiger partial charge in [0.2, 0.25) is 5.91 Å². The standard InChI is InChI=1S/C17H18N2O4S/c1-9-3-5-11(16(21)22)12(7-9)15(20)19-17-18-13-6-4-10(23-2)8-14(13)24-17/h3-4,6,8,11-12H,5,7H2,1-2H3,(H,21,22)(H,18,19,20)/t11-,12-/m0/s1. The number of rotatable bonds is 4. The molecule has 2 aromatic rings. The Hall–Kier alpha value is -2.41. The lowest BCUT2D eigenvalue weighted by molar-refractivity contribution is -0.146. The lowest BCUT2D eigenvalue weighted by Gasteiger charge is -2.26. The van der Waals surface area contributed by atoms with Crippen LogP contribution in [0.25, 0.3) is 10.2 Å². The van der Waals surface area contributed by atoms with Gasteiger partial charge in [0.1, 0.15) is 5.75 Å². The molecule has 0 unspecified atom stereocenters. The van der Waals surface area contributed by atoms with E-state index in [1.54, 1.807) is 7.11 Å². The van der Waals surface area contributed by atoms with Crippen molar-refractivity contribution in [2.75, 3.05) is 12.4 Å². The first-order valence-corrected chi connectivity index (χ1v) is 8.43. The van der Waals surface area contributed by atoms with Crippen LogP contribution < -0.4 is 10.1 Å². The van der Waals surface area contributed by atoms with Crippen molar-refractivity contribution >= 4 is 38.6 Å². The number of nitrogens with zero attached hydrogens (tertiary/aromatic N) is 1. The summed E-state index contributed by atoms with van der Waals surface area (Å²) in [5.41, 5.74) is 1.81. The molecule has 0 spiro atoms. The van der Waals surface area contributed by atoms with Gasteiger partial charge in [-0.3, -0.25) is 9.59 Å². The van der Waals surface area contributed by atoms with E-state index in [0.29, 0.717) is 18.0 Å². The minimum Gasteiger partial charge on any atom is -0.497 e. The number of methoxy groups -OCH3 is 1. The van der Waals surface area contributed by atoms with Crippen LogP contribution in [0.5, 0.6) is 5.75 Å². The molecule has 0 bridgehead atoms. The van der Waals surface area contributed by atoms with Gasteiger partial charge in [-0.15, -0.1) is 0 Å². The quantitative estimate of drug-likeness (QED) is 0.829. The SMILES string of the molecule is COc1ccc2nc(NC(=O)[C@H]3CC(C)=CC[C@@H]3C(=O)O)sc2c1. The van der Waals surface area contributed by atoms with Gasteiger partial charge in [-0.2, -0.15) is 0 Å². The molecule has 1 heterocycles. The fourth-order valence-electron chi connectivity index (χ4n) is 2.90. The van der Waals surface area contributed by atoms with E-state index >= 15 is 0 Å². The Morgan fingerprint density at radius 2 is 2.17 bits per heavy atom. The number of benzene rings is 1. The van der Waals surface area contributed by atoms with Crippen molar-refractivity contribution in [1.82, 2.24) is 4.98 Å². The fourth-order valence-corrected chi connectivity index (χ4v) is 3.79. The van der Waals surface area contributed by atoms with Gasteiger partial charge in [-0.1, -0.05) is 23.0 Å². The number of carboxylic acids is 1. The van der Waals surface area contributed by atoms with Crippen LogP contribution in [-0.4, -0.2) is 29.1 Å². The summed E-state index contributed by atoms with van der Waals surface area (Å²) in [5.74, 6) is -1.77. The number of allylic oxidation sites excluding steroid dienone is 2. The summed E-state index contributed by atoms with van der Waals surface area (Å²) >= 11 is 1.34. The van der Waals surface area contributed by atoms with Crippen molar-refractivity contribution in [3.63, 3.8) is 0 Å². The molecule has 0 aliphatic heterocycles. The van der Waals surface area contributed by atoms with Crippen LogP contribution in [0.3, 0.4) is 0 Å². The molecule has 1 aromatic carbocycles. The van der Waals surface area contributed by atoms with Crippen molar-refractivity contribution in [3.05, 3.63) is 29.8 Å². The minimum absolute atomic E-state index is 0.291. The number of carboxylic acid groups (broad SMARTS) is 1. The molecule has 6 nitrogen and oxygen atoms in total. The zero-order chi connectivity index (χ0) is 17.3. The van der Waals surface area contributed by atoms with Crippen LogP contribution in [0, 0.1) is 11.8 Å². The number of carbonyl (C=O) groups excluding carboxylic acids is 1. The maximum absolute atomic E-state index is 12.6. The highest BCUT2D eigenvalue weighted by atomic mass is 32.1. The molecular weight excluding hydrogens is 328 g/mol. The smallest absolute Gasteiger partial charge is 0.307 e. The van der Waals surface area contributed by atoms with E-state index in [0.717, 1.165) is 21.5 Å². The molecular formula is C17H18N2O4S. The first-order valence-electron chi connectivity index (χ1n) is 7.62. The number of aromatic nitrogens is 1. The summed E-state index contributed by atoms with van der Waals surface area (Å²) in [6.07, 6.45) is 2.74. The molecule has 1 aliphatic carbocycles. The third kappa shape index (κ3) is 3.26. The number of hydrogen-bond acceptors (Lipinski definition) is 5. The van der Waals surface area contributed by atoms with Crippen LogP contribution in [-0.2, 0) is 9.59 Å². The Morgan fingerprint density at radius 1 is 1.38 bits per heavy atom. The highest BCUT2D eigenvalue weighted by molar-refractivity contribution is 7.22. The average Bonchev–Trinajstić information content (AvgIpc) is 2.95. The number of hydrogen-bond donors (Lipinski definition) is 2. The number of anilines is 1. The predicted molar refractivity (Wildman–Crippen MR) is 92.4 cm³/mol. The molecule has 2 N–H and O–H groups in total. The molecule has 3 rings (SSSR count). The summed E-state index contributed by atoms with van der Waals surface area (Å²) in [6, 6.07) is 5.49. The number of aliphatic carboxylic acids is 1. The average molecular weight is 346 g/mol. The Morgan fingerprint density at radius 3 is 2.88 bits per heavy atom. The monoisotopic (exact) mass is 346 g/mol. The van der Waals surface area contributed by atoms with Crippen molar-refractivity contribution in [2.24, 2.45) is 11.8 Å². The van der Waals surface area contributed by atoms with E-state index in [1.807, 2.05) is 31.2 Å². The number of amides is 1. The number of carbonyl (C=O) groups is 2. The second-order valence-electron chi connectivity index (χ2n) is 5.88. The topological polar surface area (TPSA) is 88.5 Å². The molecule has 1 amide bonds. The van der Waals surface area contributed by atoms with E-state index < -0.39 is 17.8 Å². The Labute approximate surface area is 143 Å². The third-order valence-electron chi connectivity index (χ3n) is 4.23. The summed E-state index contributed by atoms with van der Waals surface area (Å²) in [7, 11) is 1.59. The lowest BCUT2D eigenvalue weighted by Crippen LogP contribution is -2.35. The van der Waals surface area contributed by atoms with E-state index in [4.69, 9.17) is 4.74 Å². The first-order chi connectivity index (χ1) is 11.5. The van der Waals surface area contributed by atoms with Gasteiger partial charge in [0.25, 0.3) is 0 Å². The second kappa shape index (κ2) is 6.60. The zero-order valence-electron chi connectivity index (χ0n) is 13.4. The number of thiazole rings is 1. The third-order valence-corrected chi connectivity index (χ3v) is 5.16. The van der Waals surface area contributed by atoms with Gasteiger partial charge in [0.05, 0.1) is 29.2 Å². The van der Waals surface area contributed by atoms with Gasteiger partial charge in [-0.25, -0.2) is 4.98 Å². The van der Waals surface area contributed by atoms with Crippen LogP contribution in [0.15, 0.2) is 29.8 Å². The van der Waals surface area contributed by atoms with Crippen molar-refractivity contribution in [3.8, 4) is 5.75 Å². The first kappa shape index (κ1) is 16.4. The summed E-state index contributed by atoms with van der Waals surface area (Å²) in [4.78, 5) is 28.4. The van der Waals surface area contributed by atoms with Crippen molar-refractivity contribution in [2.45, 2.75) is 19.8 Å². The summed E-state index contributed by atoms with van der Waals surface area (Å²) < 4.78 is 6.08. The second-order valence-corrected chi connectivity index (χ2v) is 6.91. The molecule has 1 aliphatic rings. The van der Waals surface area contributed by atoms with Crippen LogP contribution in [0.4, 0.5) is 5.13 Å². The van der Waals surface area contributed by atoms with E-state index in [9.17, 15) is 14.7 Å². The fraction of sp³-hybridized carbons (Fsp3) is 0.353. The maximum Gasteiger partial charge on any atom is 0.307 e. The Balaban J connectivity index is 1.80. The molecule has 0 saturated heterocycles. The zero-order valence-corrected chi connectivity index (χ0v) is 14.2. The van der Waals surface area contributed by atoms with Crippen LogP contribution in [0.1, 0.15) is 19.8 Å². The molecule has 126 valence electrons. The highest BCUT2D eigenvalue weighted by Crippen LogP contribution is 2.33. The molecule has 0 saturated carbocycles. The molecule has 0 fully saturated rings. The molecule has 0 radical (unpaired) electrons. The van der Waals surface area contributed by atoms with Gasteiger partial charge in [0.15, 0.2) is 5.13 Å². The number of ether oxygens (including phenoxy) is 1. The van der Waals surface area contributed by atoms with Crippen molar-refractivity contribution in [1.29, 1.82) is 0 Å². The Bertz CT molecular complexity index is 827. The molecule has 7 heteroatoms.